The van der Waals surface area contributed by atoms with Crippen LogP contribution in [-0.4, -0.2) is 17.2 Å². The Bertz CT molecular complexity index is 958. The summed E-state index contributed by atoms with van der Waals surface area (Å²) in [6.45, 7) is 0. The van der Waals surface area contributed by atoms with E-state index in [1.165, 1.54) is 30.3 Å². The molecule has 0 aliphatic carbocycles. The third kappa shape index (κ3) is 3.32. The first-order valence-electron chi connectivity index (χ1n) is 8.06. The highest BCUT2D eigenvalue weighted by Crippen LogP contribution is 2.50. The molecule has 1 nitrogen and oxygen atoms in total. The predicted molar refractivity (Wildman–Crippen MR) is 94.3 cm³/mol. The molecule has 0 radical (unpaired) electrons. The maximum Gasteiger partial charge on any atom is 0.457 e. The molecule has 0 saturated carbocycles. The van der Waals surface area contributed by atoms with E-state index < -0.39 is 23.3 Å². The molecule has 0 fully saturated rings. The minimum atomic E-state index is -5.94. The van der Waals surface area contributed by atoms with Crippen molar-refractivity contribution in [1.82, 2.24) is 0 Å². The fraction of sp³-hybridized carbons (Fsp3) is 0.143. The molecule has 0 aliphatic heterocycles. The summed E-state index contributed by atoms with van der Waals surface area (Å²) in [5.74, 6) is -5.41. The topological polar surface area (TPSA) is 20.2 Å². The standard InChI is InChI=1S/C21H15F5O/c22-20(23,21(24,25)26)19(27,14-13-15-7-2-1-3-8-15)18-12-6-10-16-9-4-5-11-17(16)18/h1-14,27H/b14-13+. The average Bonchev–Trinajstić information content (AvgIpc) is 2.65. The number of benzene rings is 3. The Hall–Kier alpha value is -2.73. The molecular weight excluding hydrogens is 363 g/mol. The number of aliphatic hydroxyl groups is 1. The Morgan fingerprint density at radius 1 is 0.704 bits per heavy atom. The summed E-state index contributed by atoms with van der Waals surface area (Å²) < 4.78 is 68.5. The molecule has 3 aromatic rings. The Morgan fingerprint density at radius 3 is 1.96 bits per heavy atom. The minimum absolute atomic E-state index is 0.115. The van der Waals surface area contributed by atoms with Gasteiger partial charge in [0.05, 0.1) is 0 Å². The van der Waals surface area contributed by atoms with Crippen LogP contribution in [0.1, 0.15) is 11.1 Å². The lowest BCUT2D eigenvalue weighted by molar-refractivity contribution is -0.334. The second kappa shape index (κ2) is 6.78. The van der Waals surface area contributed by atoms with E-state index in [1.54, 1.807) is 36.4 Å². The van der Waals surface area contributed by atoms with Crippen molar-refractivity contribution in [2.24, 2.45) is 0 Å². The summed E-state index contributed by atoms with van der Waals surface area (Å²) in [6, 6.07) is 18.1. The Kier molecular flexibility index (Phi) is 4.78. The van der Waals surface area contributed by atoms with Gasteiger partial charge in [-0.2, -0.15) is 22.0 Å². The number of hydrogen-bond acceptors (Lipinski definition) is 1. The number of halogens is 5. The van der Waals surface area contributed by atoms with Gasteiger partial charge in [0.25, 0.3) is 0 Å². The van der Waals surface area contributed by atoms with Crippen molar-refractivity contribution >= 4 is 16.8 Å². The minimum Gasteiger partial charge on any atom is -0.375 e. The van der Waals surface area contributed by atoms with E-state index in [-0.39, 0.29) is 5.39 Å². The van der Waals surface area contributed by atoms with E-state index in [9.17, 15) is 27.1 Å². The largest absolute Gasteiger partial charge is 0.457 e. The first-order chi connectivity index (χ1) is 12.7. The van der Waals surface area contributed by atoms with Gasteiger partial charge in [-0.05, 0) is 22.4 Å². The van der Waals surface area contributed by atoms with E-state index in [2.05, 4.69) is 0 Å². The summed E-state index contributed by atoms with van der Waals surface area (Å²) in [7, 11) is 0. The van der Waals surface area contributed by atoms with Crippen LogP contribution in [0.4, 0.5) is 22.0 Å². The first kappa shape index (κ1) is 19.0. The predicted octanol–water partition coefficient (Wildman–Crippen LogP) is 5.94. The molecular formula is C21H15F5O. The highest BCUT2D eigenvalue weighted by molar-refractivity contribution is 5.87. The summed E-state index contributed by atoms with van der Waals surface area (Å²) in [5, 5.41) is 11.3. The smallest absolute Gasteiger partial charge is 0.375 e. The van der Waals surface area contributed by atoms with Crippen molar-refractivity contribution in [2.75, 3.05) is 0 Å². The Balaban J connectivity index is 2.26. The molecule has 140 valence electrons. The van der Waals surface area contributed by atoms with Crippen LogP contribution in [0.5, 0.6) is 0 Å². The first-order valence-corrected chi connectivity index (χ1v) is 8.06. The maximum absolute atomic E-state index is 14.5. The van der Waals surface area contributed by atoms with Crippen molar-refractivity contribution in [3.63, 3.8) is 0 Å². The van der Waals surface area contributed by atoms with Crippen molar-refractivity contribution < 1.29 is 27.1 Å². The molecule has 0 bridgehead atoms. The average molecular weight is 378 g/mol. The van der Waals surface area contributed by atoms with Crippen molar-refractivity contribution in [3.8, 4) is 0 Å². The monoisotopic (exact) mass is 378 g/mol. The Morgan fingerprint density at radius 2 is 1.30 bits per heavy atom. The normalized spacial score (nSPS) is 15.2. The molecule has 1 unspecified atom stereocenters. The highest BCUT2D eigenvalue weighted by Gasteiger charge is 2.69. The zero-order valence-electron chi connectivity index (χ0n) is 13.9. The molecule has 0 spiro atoms. The summed E-state index contributed by atoms with van der Waals surface area (Å²) >= 11 is 0. The SMILES string of the molecule is OC(/C=C/c1ccccc1)(c1cccc2ccccc12)C(F)(F)C(F)(F)F. The zero-order chi connectivity index (χ0) is 19.7. The van der Waals surface area contributed by atoms with Crippen LogP contribution >= 0.6 is 0 Å². The molecule has 0 aromatic heterocycles. The number of alkyl halides is 5. The lowest BCUT2D eigenvalue weighted by atomic mass is 9.83. The second-order valence-electron chi connectivity index (χ2n) is 6.11. The molecule has 0 saturated heterocycles. The van der Waals surface area contributed by atoms with Crippen LogP contribution in [0.2, 0.25) is 0 Å². The summed E-state index contributed by atoms with van der Waals surface area (Å²) in [4.78, 5) is 0. The molecule has 27 heavy (non-hydrogen) atoms. The molecule has 1 atom stereocenters. The second-order valence-corrected chi connectivity index (χ2v) is 6.11. The van der Waals surface area contributed by atoms with E-state index in [0.29, 0.717) is 17.0 Å². The summed E-state index contributed by atoms with van der Waals surface area (Å²) in [5.41, 5.74) is -3.72. The van der Waals surface area contributed by atoms with E-state index in [0.717, 1.165) is 12.1 Å². The number of fused-ring (bicyclic) bond motifs is 1. The van der Waals surface area contributed by atoms with Gasteiger partial charge in [0.2, 0.25) is 0 Å². The molecule has 0 aliphatic rings. The fourth-order valence-electron chi connectivity index (χ4n) is 2.92. The highest BCUT2D eigenvalue weighted by atomic mass is 19.4. The van der Waals surface area contributed by atoms with Gasteiger partial charge < -0.3 is 5.11 Å². The third-order valence-corrected chi connectivity index (χ3v) is 4.35. The quantitative estimate of drug-likeness (QED) is 0.557. The molecule has 1 N–H and O–H groups in total. The van der Waals surface area contributed by atoms with E-state index >= 15 is 0 Å². The van der Waals surface area contributed by atoms with E-state index in [4.69, 9.17) is 0 Å². The molecule has 3 rings (SSSR count). The van der Waals surface area contributed by atoms with Gasteiger partial charge in [0.15, 0.2) is 5.60 Å². The number of hydrogen-bond donors (Lipinski definition) is 1. The molecule has 3 aromatic carbocycles. The van der Waals surface area contributed by atoms with Gasteiger partial charge in [0.1, 0.15) is 0 Å². The lowest BCUT2D eigenvalue weighted by Crippen LogP contribution is -2.54. The van der Waals surface area contributed by atoms with Gasteiger partial charge in [-0.15, -0.1) is 0 Å². The van der Waals surface area contributed by atoms with Crippen LogP contribution in [0.3, 0.4) is 0 Å². The van der Waals surface area contributed by atoms with Crippen molar-refractivity contribution in [1.29, 1.82) is 0 Å². The maximum atomic E-state index is 14.5. The van der Waals surface area contributed by atoms with Gasteiger partial charge in [-0.1, -0.05) is 78.9 Å². The molecule has 6 heteroatoms. The van der Waals surface area contributed by atoms with Crippen LogP contribution < -0.4 is 0 Å². The Labute approximate surface area is 152 Å². The molecule has 0 amide bonds. The van der Waals surface area contributed by atoms with Crippen LogP contribution in [0.15, 0.2) is 78.9 Å². The van der Waals surface area contributed by atoms with Crippen LogP contribution in [0, 0.1) is 0 Å². The number of rotatable bonds is 4. The lowest BCUT2D eigenvalue weighted by Gasteiger charge is -2.35. The zero-order valence-corrected chi connectivity index (χ0v) is 13.9. The van der Waals surface area contributed by atoms with Crippen molar-refractivity contribution in [2.45, 2.75) is 17.7 Å². The summed E-state index contributed by atoms with van der Waals surface area (Å²) in [6.07, 6.45) is -4.38. The van der Waals surface area contributed by atoms with Gasteiger partial charge in [-0.25, -0.2) is 0 Å². The van der Waals surface area contributed by atoms with Gasteiger partial charge >= 0.3 is 12.1 Å². The molecule has 0 heterocycles. The van der Waals surface area contributed by atoms with Gasteiger partial charge in [0, 0.05) is 5.56 Å². The van der Waals surface area contributed by atoms with Crippen molar-refractivity contribution in [3.05, 3.63) is 90.0 Å². The third-order valence-electron chi connectivity index (χ3n) is 4.35. The van der Waals surface area contributed by atoms with Crippen LogP contribution in [-0.2, 0) is 5.60 Å². The fourth-order valence-corrected chi connectivity index (χ4v) is 2.92. The van der Waals surface area contributed by atoms with Crippen LogP contribution in [0.25, 0.3) is 16.8 Å². The van der Waals surface area contributed by atoms with Gasteiger partial charge in [-0.3, -0.25) is 0 Å². The van der Waals surface area contributed by atoms with E-state index in [1.807, 2.05) is 0 Å².